The zero-order valence-electron chi connectivity index (χ0n) is 14.5. The highest BCUT2D eigenvalue weighted by atomic mass is 19.1. The maximum Gasteiger partial charge on any atom is 0.254 e. The van der Waals surface area contributed by atoms with Crippen molar-refractivity contribution in [2.45, 2.75) is 20.0 Å². The first-order valence-corrected chi connectivity index (χ1v) is 8.40. The van der Waals surface area contributed by atoms with Crippen LogP contribution in [-0.4, -0.2) is 43.2 Å². The zero-order chi connectivity index (χ0) is 17.8. The lowest BCUT2D eigenvalue weighted by molar-refractivity contribution is -0.0406. The molecule has 1 aliphatic heterocycles. The highest BCUT2D eigenvalue weighted by Crippen LogP contribution is 2.20. The number of rotatable bonds is 4. The van der Waals surface area contributed by atoms with Gasteiger partial charge in [-0.3, -0.25) is 4.79 Å². The Labute approximate surface area is 147 Å². The van der Waals surface area contributed by atoms with E-state index in [4.69, 9.17) is 9.47 Å². The number of amides is 1. The summed E-state index contributed by atoms with van der Waals surface area (Å²) in [4.78, 5) is 14.5. The molecule has 0 spiro atoms. The SMILES string of the molecule is Cc1ccc(F)c(OC[C@@H]2CN(C(=O)c3ccccc3C)CCO2)c1. The Morgan fingerprint density at radius 3 is 2.88 bits per heavy atom. The fourth-order valence-electron chi connectivity index (χ4n) is 2.89. The first-order chi connectivity index (χ1) is 12.0. The van der Waals surface area contributed by atoms with Crippen LogP contribution in [0.4, 0.5) is 4.39 Å². The van der Waals surface area contributed by atoms with Gasteiger partial charge >= 0.3 is 0 Å². The van der Waals surface area contributed by atoms with Gasteiger partial charge in [-0.25, -0.2) is 4.39 Å². The van der Waals surface area contributed by atoms with Crippen LogP contribution in [0.25, 0.3) is 0 Å². The third-order valence-electron chi connectivity index (χ3n) is 4.31. The first-order valence-electron chi connectivity index (χ1n) is 8.40. The van der Waals surface area contributed by atoms with Crippen LogP contribution in [0.1, 0.15) is 21.5 Å². The predicted octanol–water partition coefficient (Wildman–Crippen LogP) is 3.36. The number of ether oxygens (including phenoxy) is 2. The second-order valence-corrected chi connectivity index (χ2v) is 6.30. The molecule has 4 nitrogen and oxygen atoms in total. The lowest BCUT2D eigenvalue weighted by Gasteiger charge is -2.33. The van der Waals surface area contributed by atoms with Crippen LogP contribution in [-0.2, 0) is 4.74 Å². The molecule has 0 saturated carbocycles. The maximum absolute atomic E-state index is 13.8. The van der Waals surface area contributed by atoms with Crippen LogP contribution in [0.15, 0.2) is 42.5 Å². The molecule has 1 amide bonds. The van der Waals surface area contributed by atoms with Crippen molar-refractivity contribution in [1.29, 1.82) is 0 Å². The Balaban J connectivity index is 1.62. The summed E-state index contributed by atoms with van der Waals surface area (Å²) in [5.41, 5.74) is 2.58. The molecule has 1 atom stereocenters. The van der Waals surface area contributed by atoms with Gasteiger partial charge in [-0.2, -0.15) is 0 Å². The minimum absolute atomic E-state index is 0.00636. The number of hydrogen-bond acceptors (Lipinski definition) is 3. The number of benzene rings is 2. The summed E-state index contributed by atoms with van der Waals surface area (Å²) in [6.45, 7) is 5.43. The molecule has 0 unspecified atom stereocenters. The first kappa shape index (κ1) is 17.4. The average molecular weight is 343 g/mol. The van der Waals surface area contributed by atoms with Crippen molar-refractivity contribution in [3.8, 4) is 5.75 Å². The molecule has 3 rings (SSSR count). The van der Waals surface area contributed by atoms with Gasteiger partial charge in [-0.15, -0.1) is 0 Å². The summed E-state index contributed by atoms with van der Waals surface area (Å²) in [7, 11) is 0. The lowest BCUT2D eigenvalue weighted by atomic mass is 10.1. The van der Waals surface area contributed by atoms with E-state index < -0.39 is 5.82 Å². The number of halogens is 1. The Kier molecular flexibility index (Phi) is 5.34. The summed E-state index contributed by atoms with van der Waals surface area (Å²) in [6, 6.07) is 12.3. The van der Waals surface area contributed by atoms with Crippen molar-refractivity contribution in [2.24, 2.45) is 0 Å². The van der Waals surface area contributed by atoms with Crippen LogP contribution in [0.3, 0.4) is 0 Å². The molecule has 132 valence electrons. The lowest BCUT2D eigenvalue weighted by Crippen LogP contribution is -2.47. The van der Waals surface area contributed by atoms with Gasteiger partial charge in [0.05, 0.1) is 13.2 Å². The molecule has 1 fully saturated rings. The Hall–Kier alpha value is -2.40. The highest BCUT2D eigenvalue weighted by molar-refractivity contribution is 5.95. The normalized spacial score (nSPS) is 17.4. The summed E-state index contributed by atoms with van der Waals surface area (Å²) >= 11 is 0. The van der Waals surface area contributed by atoms with Gasteiger partial charge in [0.25, 0.3) is 5.91 Å². The molecule has 2 aromatic carbocycles. The monoisotopic (exact) mass is 343 g/mol. The van der Waals surface area contributed by atoms with Gasteiger partial charge in [-0.05, 0) is 43.2 Å². The molecule has 2 aromatic rings. The Bertz CT molecular complexity index is 762. The molecule has 0 bridgehead atoms. The minimum Gasteiger partial charge on any atom is -0.488 e. The summed E-state index contributed by atoms with van der Waals surface area (Å²) in [5, 5.41) is 0. The number of carbonyl (C=O) groups excluding carboxylic acids is 1. The van der Waals surface area contributed by atoms with Crippen LogP contribution in [0.5, 0.6) is 5.75 Å². The van der Waals surface area contributed by atoms with E-state index in [0.29, 0.717) is 25.3 Å². The van der Waals surface area contributed by atoms with E-state index in [9.17, 15) is 9.18 Å². The van der Waals surface area contributed by atoms with Crippen LogP contribution < -0.4 is 4.74 Å². The molecule has 5 heteroatoms. The Morgan fingerprint density at radius 1 is 1.28 bits per heavy atom. The van der Waals surface area contributed by atoms with Gasteiger partial charge in [0.2, 0.25) is 0 Å². The van der Waals surface area contributed by atoms with Gasteiger partial charge in [-0.1, -0.05) is 24.3 Å². The van der Waals surface area contributed by atoms with Crippen molar-refractivity contribution in [1.82, 2.24) is 4.90 Å². The molecule has 1 saturated heterocycles. The standard InChI is InChI=1S/C20H22FNO3/c1-14-7-8-18(21)19(11-14)25-13-16-12-22(9-10-24-16)20(23)17-6-4-3-5-15(17)2/h3-8,11,16H,9-10,12-13H2,1-2H3/t16-/m0/s1. The largest absolute Gasteiger partial charge is 0.488 e. The van der Waals surface area contributed by atoms with Crippen molar-refractivity contribution in [2.75, 3.05) is 26.3 Å². The molecule has 0 aromatic heterocycles. The summed E-state index contributed by atoms with van der Waals surface area (Å²) in [6.07, 6.45) is -0.276. The fourth-order valence-corrected chi connectivity index (χ4v) is 2.89. The number of hydrogen-bond donors (Lipinski definition) is 0. The van der Waals surface area contributed by atoms with E-state index in [-0.39, 0.29) is 24.4 Å². The smallest absolute Gasteiger partial charge is 0.254 e. The fraction of sp³-hybridized carbons (Fsp3) is 0.350. The third kappa shape index (κ3) is 4.17. The third-order valence-corrected chi connectivity index (χ3v) is 4.31. The van der Waals surface area contributed by atoms with Gasteiger partial charge in [0, 0.05) is 12.1 Å². The van der Waals surface area contributed by atoms with E-state index in [1.807, 2.05) is 38.1 Å². The van der Waals surface area contributed by atoms with Crippen LogP contribution in [0.2, 0.25) is 0 Å². The summed E-state index contributed by atoms with van der Waals surface area (Å²) < 4.78 is 25.0. The molecule has 1 aliphatic rings. The van der Waals surface area contributed by atoms with Gasteiger partial charge < -0.3 is 14.4 Å². The van der Waals surface area contributed by atoms with Gasteiger partial charge in [0.1, 0.15) is 12.7 Å². The van der Waals surface area contributed by atoms with Gasteiger partial charge in [0.15, 0.2) is 11.6 Å². The molecule has 25 heavy (non-hydrogen) atoms. The van der Waals surface area contributed by atoms with Crippen LogP contribution in [0, 0.1) is 19.7 Å². The highest BCUT2D eigenvalue weighted by Gasteiger charge is 2.26. The van der Waals surface area contributed by atoms with Crippen molar-refractivity contribution in [3.63, 3.8) is 0 Å². The zero-order valence-corrected chi connectivity index (χ0v) is 14.5. The second-order valence-electron chi connectivity index (χ2n) is 6.30. The summed E-state index contributed by atoms with van der Waals surface area (Å²) in [5.74, 6) is -0.187. The second kappa shape index (κ2) is 7.66. The quantitative estimate of drug-likeness (QED) is 0.854. The van der Waals surface area contributed by atoms with E-state index in [1.165, 1.54) is 6.07 Å². The average Bonchev–Trinajstić information content (AvgIpc) is 2.62. The Morgan fingerprint density at radius 2 is 2.08 bits per heavy atom. The van der Waals surface area contributed by atoms with Crippen LogP contribution >= 0.6 is 0 Å². The number of carbonyl (C=O) groups is 1. The van der Waals surface area contributed by atoms with Crippen molar-refractivity contribution >= 4 is 5.91 Å². The predicted molar refractivity (Wildman–Crippen MR) is 93.5 cm³/mol. The van der Waals surface area contributed by atoms with Crippen molar-refractivity contribution < 1.29 is 18.7 Å². The molecule has 0 aliphatic carbocycles. The topological polar surface area (TPSA) is 38.8 Å². The van der Waals surface area contributed by atoms with E-state index in [1.54, 1.807) is 17.0 Å². The maximum atomic E-state index is 13.8. The minimum atomic E-state index is -0.394. The molecular weight excluding hydrogens is 321 g/mol. The number of morpholine rings is 1. The molecular formula is C20H22FNO3. The van der Waals surface area contributed by atoms with E-state index in [0.717, 1.165) is 11.1 Å². The van der Waals surface area contributed by atoms with E-state index >= 15 is 0 Å². The molecule has 0 N–H and O–H groups in total. The number of aryl methyl sites for hydroxylation is 2. The van der Waals surface area contributed by atoms with E-state index in [2.05, 4.69) is 0 Å². The molecule has 1 heterocycles. The van der Waals surface area contributed by atoms with Crippen molar-refractivity contribution in [3.05, 3.63) is 65.0 Å². The number of nitrogens with zero attached hydrogens (tertiary/aromatic N) is 1. The molecule has 0 radical (unpaired) electrons.